The number of carbonyl (C=O) groups is 2. The fourth-order valence-corrected chi connectivity index (χ4v) is 1.21. The normalized spacial score (nSPS) is 10.9. The number of rotatable bonds is 4. The zero-order valence-corrected chi connectivity index (χ0v) is 10.4. The van der Waals surface area contributed by atoms with Gasteiger partial charge in [-0.05, 0) is 19.9 Å². The highest BCUT2D eigenvalue weighted by atomic mass is 19.1. The molecule has 0 bridgehead atoms. The first kappa shape index (κ1) is 13.9. The molecule has 2 amide bonds. The van der Waals surface area contributed by atoms with E-state index in [2.05, 4.69) is 15.6 Å². The predicted molar refractivity (Wildman–Crippen MR) is 64.5 cm³/mol. The molecular weight excluding hydrogens is 239 g/mol. The Hall–Kier alpha value is -2.18. The Balaban J connectivity index is 3.02. The van der Waals surface area contributed by atoms with Crippen LogP contribution in [0.4, 0.5) is 10.2 Å². The van der Waals surface area contributed by atoms with E-state index in [1.54, 1.807) is 0 Å². The Morgan fingerprint density at radius 2 is 2.06 bits per heavy atom. The summed E-state index contributed by atoms with van der Waals surface area (Å²) in [4.78, 5) is 26.6. The van der Waals surface area contributed by atoms with Gasteiger partial charge in [-0.3, -0.25) is 9.59 Å². The third-order valence-corrected chi connectivity index (χ3v) is 2.41. The van der Waals surface area contributed by atoms with Gasteiger partial charge < -0.3 is 16.4 Å². The largest absolute Gasteiger partial charge is 0.371 e. The van der Waals surface area contributed by atoms with E-state index in [9.17, 15) is 14.0 Å². The first-order valence-corrected chi connectivity index (χ1v) is 5.24. The van der Waals surface area contributed by atoms with Gasteiger partial charge in [0.25, 0.3) is 5.91 Å². The van der Waals surface area contributed by atoms with Crippen molar-refractivity contribution in [3.05, 3.63) is 23.6 Å². The third kappa shape index (κ3) is 2.73. The maximum Gasteiger partial charge on any atom is 0.255 e. The minimum atomic E-state index is -1.26. The first-order chi connectivity index (χ1) is 8.29. The molecule has 0 aliphatic rings. The zero-order chi connectivity index (χ0) is 13.9. The van der Waals surface area contributed by atoms with Crippen LogP contribution >= 0.6 is 0 Å². The van der Waals surface area contributed by atoms with Crippen molar-refractivity contribution in [3.8, 4) is 0 Å². The van der Waals surface area contributed by atoms with Crippen LogP contribution in [0.15, 0.2) is 12.3 Å². The summed E-state index contributed by atoms with van der Waals surface area (Å²) >= 11 is 0. The summed E-state index contributed by atoms with van der Waals surface area (Å²) in [5.74, 6) is -2.26. The second-order valence-electron chi connectivity index (χ2n) is 4.21. The van der Waals surface area contributed by atoms with Crippen molar-refractivity contribution in [1.29, 1.82) is 0 Å². The number of halogens is 1. The monoisotopic (exact) mass is 254 g/mol. The fourth-order valence-electron chi connectivity index (χ4n) is 1.21. The average molecular weight is 254 g/mol. The second kappa shape index (κ2) is 4.99. The van der Waals surface area contributed by atoms with E-state index in [-0.39, 0.29) is 11.4 Å². The molecule has 0 aliphatic heterocycles. The van der Waals surface area contributed by atoms with Crippen LogP contribution in [-0.4, -0.2) is 29.4 Å². The van der Waals surface area contributed by atoms with Crippen molar-refractivity contribution in [2.75, 3.05) is 12.4 Å². The fraction of sp³-hybridized carbons (Fsp3) is 0.364. The van der Waals surface area contributed by atoms with Crippen LogP contribution in [0.2, 0.25) is 0 Å². The van der Waals surface area contributed by atoms with Gasteiger partial charge in [0.1, 0.15) is 5.54 Å². The lowest BCUT2D eigenvalue weighted by molar-refractivity contribution is -0.122. The number of nitrogens with two attached hydrogens (primary N) is 1. The van der Waals surface area contributed by atoms with Crippen LogP contribution in [-0.2, 0) is 4.79 Å². The molecule has 0 atom stereocenters. The molecule has 1 aromatic heterocycles. The number of carbonyl (C=O) groups excluding carboxylic acids is 2. The minimum absolute atomic E-state index is 0.0421. The van der Waals surface area contributed by atoms with Crippen LogP contribution < -0.4 is 16.4 Å². The van der Waals surface area contributed by atoms with Crippen LogP contribution in [0, 0.1) is 5.82 Å². The smallest absolute Gasteiger partial charge is 0.255 e. The Labute approximate surface area is 104 Å². The molecule has 1 rings (SSSR count). The van der Waals surface area contributed by atoms with Crippen LogP contribution in [0.1, 0.15) is 24.2 Å². The number of hydrogen-bond donors (Lipinski definition) is 3. The lowest BCUT2D eigenvalue weighted by atomic mass is 10.0. The Kier molecular flexibility index (Phi) is 3.85. The maximum atomic E-state index is 13.8. The second-order valence-corrected chi connectivity index (χ2v) is 4.21. The SMILES string of the molecule is CNc1nccc(C(=O)NC(C)(C)C(N)=O)c1F. The summed E-state index contributed by atoms with van der Waals surface area (Å²) in [6.45, 7) is 2.87. The van der Waals surface area contributed by atoms with Gasteiger partial charge in [0, 0.05) is 13.2 Å². The summed E-state index contributed by atoms with van der Waals surface area (Å²) in [6.07, 6.45) is 1.29. The molecule has 0 radical (unpaired) electrons. The Morgan fingerprint density at radius 1 is 1.44 bits per heavy atom. The first-order valence-electron chi connectivity index (χ1n) is 5.24. The summed E-state index contributed by atoms with van der Waals surface area (Å²) < 4.78 is 13.8. The number of amides is 2. The van der Waals surface area contributed by atoms with E-state index in [1.165, 1.54) is 33.2 Å². The van der Waals surface area contributed by atoms with Gasteiger partial charge in [-0.15, -0.1) is 0 Å². The van der Waals surface area contributed by atoms with Gasteiger partial charge in [0.2, 0.25) is 5.91 Å². The number of pyridine rings is 1. The highest BCUT2D eigenvalue weighted by Gasteiger charge is 2.28. The molecule has 0 saturated heterocycles. The minimum Gasteiger partial charge on any atom is -0.371 e. The van der Waals surface area contributed by atoms with Crippen LogP contribution in [0.25, 0.3) is 0 Å². The van der Waals surface area contributed by atoms with Gasteiger partial charge in [0.05, 0.1) is 5.56 Å². The molecule has 7 heteroatoms. The molecule has 0 aromatic carbocycles. The quantitative estimate of drug-likeness (QED) is 0.717. The van der Waals surface area contributed by atoms with E-state index in [4.69, 9.17) is 5.73 Å². The average Bonchev–Trinajstić information content (AvgIpc) is 2.28. The summed E-state index contributed by atoms with van der Waals surface area (Å²) in [6, 6.07) is 1.22. The summed E-state index contributed by atoms with van der Waals surface area (Å²) in [5.41, 5.74) is 3.66. The molecule has 18 heavy (non-hydrogen) atoms. The molecule has 6 nitrogen and oxygen atoms in total. The number of nitrogens with zero attached hydrogens (tertiary/aromatic N) is 1. The van der Waals surface area contributed by atoms with E-state index >= 15 is 0 Å². The highest BCUT2D eigenvalue weighted by Crippen LogP contribution is 2.15. The molecular formula is C11H15FN4O2. The lowest BCUT2D eigenvalue weighted by Gasteiger charge is -2.22. The Bertz CT molecular complexity index is 488. The molecule has 1 aromatic rings. The van der Waals surface area contributed by atoms with Gasteiger partial charge in [-0.1, -0.05) is 0 Å². The van der Waals surface area contributed by atoms with Gasteiger partial charge in [0.15, 0.2) is 11.6 Å². The maximum absolute atomic E-state index is 13.8. The molecule has 0 aliphatic carbocycles. The standard InChI is InChI=1S/C11H15FN4O2/c1-11(2,10(13)18)16-9(17)6-4-5-15-8(14-3)7(6)12/h4-5H,1-3H3,(H2,13,18)(H,14,15)(H,16,17). The number of hydrogen-bond acceptors (Lipinski definition) is 4. The zero-order valence-electron chi connectivity index (χ0n) is 10.4. The topological polar surface area (TPSA) is 97.1 Å². The van der Waals surface area contributed by atoms with Crippen molar-refractivity contribution in [1.82, 2.24) is 10.3 Å². The van der Waals surface area contributed by atoms with Gasteiger partial charge in [-0.25, -0.2) is 9.37 Å². The lowest BCUT2D eigenvalue weighted by Crippen LogP contribution is -2.53. The van der Waals surface area contributed by atoms with E-state index in [0.717, 1.165) is 0 Å². The molecule has 0 saturated carbocycles. The molecule has 4 N–H and O–H groups in total. The van der Waals surface area contributed by atoms with Crippen molar-refractivity contribution in [3.63, 3.8) is 0 Å². The van der Waals surface area contributed by atoms with Crippen LogP contribution in [0.5, 0.6) is 0 Å². The van der Waals surface area contributed by atoms with Crippen molar-refractivity contribution in [2.45, 2.75) is 19.4 Å². The number of aromatic nitrogens is 1. The molecule has 98 valence electrons. The summed E-state index contributed by atoms with van der Waals surface area (Å²) in [5, 5.41) is 4.87. The Morgan fingerprint density at radius 3 is 2.56 bits per heavy atom. The van der Waals surface area contributed by atoms with Crippen LogP contribution in [0.3, 0.4) is 0 Å². The number of primary amides is 1. The molecule has 0 spiro atoms. The van der Waals surface area contributed by atoms with E-state index in [1.807, 2.05) is 0 Å². The summed E-state index contributed by atoms with van der Waals surface area (Å²) in [7, 11) is 1.49. The van der Waals surface area contributed by atoms with Gasteiger partial charge >= 0.3 is 0 Å². The van der Waals surface area contributed by atoms with E-state index in [0.29, 0.717) is 0 Å². The van der Waals surface area contributed by atoms with E-state index < -0.39 is 23.2 Å². The number of anilines is 1. The highest BCUT2D eigenvalue weighted by molar-refractivity contribution is 5.99. The van der Waals surface area contributed by atoms with Crippen molar-refractivity contribution < 1.29 is 14.0 Å². The molecule has 0 unspecified atom stereocenters. The van der Waals surface area contributed by atoms with Crippen molar-refractivity contribution in [2.24, 2.45) is 5.73 Å². The van der Waals surface area contributed by atoms with Gasteiger partial charge in [-0.2, -0.15) is 0 Å². The third-order valence-electron chi connectivity index (χ3n) is 2.41. The van der Waals surface area contributed by atoms with Crippen molar-refractivity contribution >= 4 is 17.6 Å². The predicted octanol–water partition coefficient (Wildman–Crippen LogP) is 0.256. The number of nitrogens with one attached hydrogen (secondary N) is 2. The molecule has 1 heterocycles. The molecule has 0 fully saturated rings.